The third-order valence-electron chi connectivity index (χ3n) is 7.84. The van der Waals surface area contributed by atoms with Gasteiger partial charge in [-0.15, -0.1) is 0 Å². The van der Waals surface area contributed by atoms with Gasteiger partial charge in [-0.05, 0) is 55.4 Å². The van der Waals surface area contributed by atoms with Crippen molar-refractivity contribution in [3.8, 4) is 0 Å². The smallest absolute Gasteiger partial charge is 0.252 e. The van der Waals surface area contributed by atoms with Crippen LogP contribution < -0.4 is 0 Å². The topological polar surface area (TPSA) is 53.0 Å². The first-order valence-electron chi connectivity index (χ1n) is 12.0. The number of thioether (sulfide) groups is 1. The monoisotopic (exact) mass is 451 g/mol. The van der Waals surface area contributed by atoms with E-state index in [4.69, 9.17) is 4.99 Å². The number of nitrogens with zero attached hydrogens (tertiary/aromatic N) is 3. The van der Waals surface area contributed by atoms with Crippen LogP contribution in [-0.4, -0.2) is 39.3 Å². The number of amides is 2. The lowest BCUT2D eigenvalue weighted by molar-refractivity contribution is -0.152. The highest BCUT2D eigenvalue weighted by molar-refractivity contribution is 8.13. The summed E-state index contributed by atoms with van der Waals surface area (Å²) < 4.78 is 0. The Balaban J connectivity index is 1.46. The molecular formula is C26H33N3O2S. The highest BCUT2D eigenvalue weighted by Gasteiger charge is 2.62. The third kappa shape index (κ3) is 3.60. The van der Waals surface area contributed by atoms with Crippen LogP contribution >= 0.6 is 11.8 Å². The van der Waals surface area contributed by atoms with Crippen molar-refractivity contribution in [2.24, 2.45) is 40.5 Å². The van der Waals surface area contributed by atoms with E-state index in [0.29, 0.717) is 24.9 Å². The Bertz CT molecular complexity index is 957. The molecular weight excluding hydrogens is 418 g/mol. The van der Waals surface area contributed by atoms with Crippen LogP contribution in [0.3, 0.4) is 0 Å². The minimum absolute atomic E-state index is 0.000401. The van der Waals surface area contributed by atoms with Crippen molar-refractivity contribution in [3.05, 3.63) is 47.5 Å². The Morgan fingerprint density at radius 2 is 1.84 bits per heavy atom. The Hall–Kier alpha value is -2.08. The van der Waals surface area contributed by atoms with Gasteiger partial charge in [-0.3, -0.25) is 19.6 Å². The summed E-state index contributed by atoms with van der Waals surface area (Å²) in [6.45, 7) is 7.89. The number of fused-ring (bicyclic) bond motifs is 1. The maximum absolute atomic E-state index is 13.8. The molecule has 2 unspecified atom stereocenters. The van der Waals surface area contributed by atoms with Gasteiger partial charge >= 0.3 is 0 Å². The van der Waals surface area contributed by atoms with Crippen LogP contribution in [0.5, 0.6) is 0 Å². The lowest BCUT2D eigenvalue weighted by Gasteiger charge is -2.48. The fraction of sp³-hybridized carbons (Fsp3) is 0.577. The van der Waals surface area contributed by atoms with E-state index in [1.54, 1.807) is 11.8 Å². The molecule has 1 aromatic carbocycles. The van der Waals surface area contributed by atoms with Crippen molar-refractivity contribution in [2.75, 3.05) is 12.3 Å². The normalized spacial score (nSPS) is 33.7. The van der Waals surface area contributed by atoms with Crippen molar-refractivity contribution in [1.29, 1.82) is 0 Å². The van der Waals surface area contributed by atoms with Gasteiger partial charge in [-0.1, -0.05) is 67.6 Å². The lowest BCUT2D eigenvalue weighted by atomic mass is 9.54. The van der Waals surface area contributed by atoms with Gasteiger partial charge in [0.05, 0.1) is 18.4 Å². The van der Waals surface area contributed by atoms with Gasteiger partial charge in [0.25, 0.3) is 11.8 Å². The van der Waals surface area contributed by atoms with Gasteiger partial charge in [0.2, 0.25) is 0 Å². The van der Waals surface area contributed by atoms with Gasteiger partial charge in [0.15, 0.2) is 5.17 Å². The van der Waals surface area contributed by atoms with E-state index in [1.165, 1.54) is 10.6 Å². The number of carbonyl (C=O) groups excluding carboxylic acids is 2. The van der Waals surface area contributed by atoms with E-state index >= 15 is 0 Å². The average Bonchev–Trinajstić information content (AvgIpc) is 2.93. The largest absolute Gasteiger partial charge is 0.272 e. The van der Waals surface area contributed by atoms with Gasteiger partial charge in [0.1, 0.15) is 0 Å². The Labute approximate surface area is 195 Å². The number of aliphatic imine (C=N–C) groups is 1. The van der Waals surface area contributed by atoms with Crippen molar-refractivity contribution in [2.45, 2.75) is 46.6 Å². The molecule has 0 N–H and O–H groups in total. The van der Waals surface area contributed by atoms with Crippen molar-refractivity contribution >= 4 is 28.7 Å². The van der Waals surface area contributed by atoms with E-state index < -0.39 is 0 Å². The molecule has 2 saturated heterocycles. The number of hydrogen-bond donors (Lipinski definition) is 0. The Morgan fingerprint density at radius 1 is 1.09 bits per heavy atom. The second-order valence-corrected chi connectivity index (χ2v) is 11.1. The molecule has 0 radical (unpaired) electrons. The minimum Gasteiger partial charge on any atom is -0.272 e. The van der Waals surface area contributed by atoms with Gasteiger partial charge in [-0.25, -0.2) is 0 Å². The van der Waals surface area contributed by atoms with Crippen molar-refractivity contribution < 1.29 is 9.59 Å². The molecule has 5 nitrogen and oxygen atoms in total. The molecule has 0 aromatic heterocycles. The molecule has 5 atom stereocenters. The van der Waals surface area contributed by atoms with Crippen molar-refractivity contribution in [1.82, 2.24) is 10.0 Å². The van der Waals surface area contributed by atoms with Gasteiger partial charge in [-0.2, -0.15) is 5.01 Å². The van der Waals surface area contributed by atoms with Crippen LogP contribution in [0.15, 0.2) is 47.0 Å². The molecule has 6 heteroatoms. The van der Waals surface area contributed by atoms with E-state index in [9.17, 15) is 9.59 Å². The Kier molecular flexibility index (Phi) is 5.91. The lowest BCUT2D eigenvalue weighted by Crippen LogP contribution is -2.49. The summed E-state index contributed by atoms with van der Waals surface area (Å²) in [6.07, 6.45) is 5.37. The zero-order valence-electron chi connectivity index (χ0n) is 19.2. The van der Waals surface area contributed by atoms with Crippen LogP contribution in [0.1, 0.15) is 45.6 Å². The third-order valence-corrected chi connectivity index (χ3v) is 8.93. The molecule has 2 bridgehead atoms. The molecule has 2 amide bonds. The van der Waals surface area contributed by atoms with Crippen molar-refractivity contribution in [3.63, 3.8) is 0 Å². The predicted molar refractivity (Wildman–Crippen MR) is 128 cm³/mol. The summed E-state index contributed by atoms with van der Waals surface area (Å²) in [5.41, 5.74) is 2.44. The Morgan fingerprint density at radius 3 is 2.59 bits per heavy atom. The molecule has 170 valence electrons. The fourth-order valence-corrected chi connectivity index (χ4v) is 7.23. The number of allylic oxidation sites excluding steroid dienone is 2. The van der Waals surface area contributed by atoms with Crippen LogP contribution in [0.4, 0.5) is 0 Å². The summed E-state index contributed by atoms with van der Waals surface area (Å²) in [4.78, 5) is 32.5. The van der Waals surface area contributed by atoms with Gasteiger partial charge in [0, 0.05) is 12.3 Å². The van der Waals surface area contributed by atoms with Crippen LogP contribution in [0, 0.1) is 35.5 Å². The molecule has 5 aliphatic rings. The zero-order valence-corrected chi connectivity index (χ0v) is 20.1. The fourth-order valence-electron chi connectivity index (χ4n) is 6.22. The van der Waals surface area contributed by atoms with Gasteiger partial charge < -0.3 is 0 Å². The zero-order chi connectivity index (χ0) is 22.4. The molecule has 6 rings (SSSR count). The molecule has 1 saturated carbocycles. The number of hydrogen-bond acceptors (Lipinski definition) is 4. The standard InChI is InChI=1S/C26H33N3O2S/c1-16(2)19-14-20-17(3)13-21(19)23-22(20)24(30)29(25(23)31)28-11-7-8-12-32-26(28)27-15-18-9-5-4-6-10-18/h4-6,9-10,13,16,19-23H,7-8,11-12,14-15H2,1-3H3/t19-,20+,21+,22?,23?/m1/s1. The average molecular weight is 452 g/mol. The van der Waals surface area contributed by atoms with Crippen LogP contribution in [-0.2, 0) is 16.1 Å². The maximum atomic E-state index is 13.8. The summed E-state index contributed by atoms with van der Waals surface area (Å²) >= 11 is 1.68. The molecule has 0 spiro atoms. The molecule has 3 fully saturated rings. The second kappa shape index (κ2) is 8.69. The van der Waals surface area contributed by atoms with Crippen LogP contribution in [0.25, 0.3) is 0 Å². The molecule has 2 aliphatic heterocycles. The molecule has 2 heterocycles. The van der Waals surface area contributed by atoms with E-state index in [0.717, 1.165) is 35.7 Å². The first kappa shape index (κ1) is 21.7. The molecule has 3 aliphatic carbocycles. The summed E-state index contributed by atoms with van der Waals surface area (Å²) in [7, 11) is 0. The summed E-state index contributed by atoms with van der Waals surface area (Å²) in [6, 6.07) is 10.2. The summed E-state index contributed by atoms with van der Waals surface area (Å²) in [5.74, 6) is 1.93. The van der Waals surface area contributed by atoms with E-state index in [1.807, 2.05) is 23.2 Å². The minimum atomic E-state index is -0.207. The van der Waals surface area contributed by atoms with Crippen LogP contribution in [0.2, 0.25) is 0 Å². The molecule has 1 aromatic rings. The summed E-state index contributed by atoms with van der Waals surface area (Å²) in [5, 5.41) is 4.24. The van der Waals surface area contributed by atoms with E-state index in [-0.39, 0.29) is 35.5 Å². The quantitative estimate of drug-likeness (QED) is 0.489. The number of hydrazine groups is 1. The number of imide groups is 1. The molecule has 32 heavy (non-hydrogen) atoms. The van der Waals surface area contributed by atoms with E-state index in [2.05, 4.69) is 39.0 Å². The second-order valence-electron chi connectivity index (χ2n) is 10.0. The first-order chi connectivity index (χ1) is 15.5. The highest BCUT2D eigenvalue weighted by atomic mass is 32.2. The predicted octanol–water partition coefficient (Wildman–Crippen LogP) is 4.76. The first-order valence-corrected chi connectivity index (χ1v) is 13.0. The highest BCUT2D eigenvalue weighted by Crippen LogP contribution is 2.56. The number of carbonyl (C=O) groups is 2. The number of benzene rings is 1. The number of rotatable bonds is 4. The maximum Gasteiger partial charge on any atom is 0.252 e. The number of amidine groups is 1. The SMILES string of the molecule is CC1=C[C@@H]2C3C(=O)N(N4CCCCSC4=NCc4ccccc4)C(=O)C3[C@H]1C[C@@H]2C(C)C.